The largest absolute Gasteiger partial charge is 0.491 e. The maximum atomic E-state index is 12.8. The first-order valence-corrected chi connectivity index (χ1v) is 9.72. The number of fused-ring (bicyclic) bond motifs is 1. The molecule has 0 fully saturated rings. The van der Waals surface area contributed by atoms with Crippen molar-refractivity contribution in [3.63, 3.8) is 0 Å². The molecule has 0 unspecified atom stereocenters. The molecule has 30 heavy (non-hydrogen) atoms. The summed E-state index contributed by atoms with van der Waals surface area (Å²) in [7, 11) is 2.94. The van der Waals surface area contributed by atoms with E-state index in [-0.39, 0.29) is 30.9 Å². The Morgan fingerprint density at radius 2 is 2.00 bits per heavy atom. The van der Waals surface area contributed by atoms with E-state index in [1.165, 1.54) is 18.7 Å². The van der Waals surface area contributed by atoms with Crippen molar-refractivity contribution in [2.24, 2.45) is 14.1 Å². The van der Waals surface area contributed by atoms with Gasteiger partial charge in [-0.25, -0.2) is 4.79 Å². The maximum Gasteiger partial charge on any atom is 0.332 e. The monoisotopic (exact) mass is 417 g/mol. The normalized spacial score (nSPS) is 12.3. The molecule has 1 atom stereocenters. The highest BCUT2D eigenvalue weighted by atomic mass is 16.5. The van der Waals surface area contributed by atoms with Crippen molar-refractivity contribution in [3.8, 4) is 5.75 Å². The van der Waals surface area contributed by atoms with Gasteiger partial charge in [0.2, 0.25) is 5.95 Å². The Morgan fingerprint density at radius 1 is 1.23 bits per heavy atom. The molecule has 1 aromatic carbocycles. The second-order valence-electron chi connectivity index (χ2n) is 7.21. The summed E-state index contributed by atoms with van der Waals surface area (Å²) in [5.74, 6) is 0.982. The zero-order valence-electron chi connectivity index (χ0n) is 17.3. The molecule has 3 N–H and O–H groups in total. The number of anilines is 1. The standard InChI is InChI=1S/C20H27N5O5/c1-13-6-4-7-15(10-13)30-12-14(27)11-25-16-17(22-19(25)21-8-5-9-26)23(2)20(29)24(3)18(16)28/h4,6-7,10,14,26-27H,5,8-9,11-12H2,1-3H3,(H,21,22)/t14-/m1/s1. The molecule has 10 heteroatoms. The fourth-order valence-electron chi connectivity index (χ4n) is 3.20. The highest BCUT2D eigenvalue weighted by Gasteiger charge is 2.21. The van der Waals surface area contributed by atoms with E-state index >= 15 is 0 Å². The topological polar surface area (TPSA) is 124 Å². The predicted octanol–water partition coefficient (Wildman–Crippen LogP) is -0.0237. The number of hydrogen-bond donors (Lipinski definition) is 3. The molecule has 0 bridgehead atoms. The Labute approximate surface area is 173 Å². The lowest BCUT2D eigenvalue weighted by Crippen LogP contribution is -2.38. The first-order chi connectivity index (χ1) is 14.3. The second kappa shape index (κ2) is 9.14. The molecule has 2 aromatic heterocycles. The Morgan fingerprint density at radius 3 is 2.70 bits per heavy atom. The van der Waals surface area contributed by atoms with Crippen molar-refractivity contribution in [1.82, 2.24) is 18.7 Å². The van der Waals surface area contributed by atoms with Crippen LogP contribution in [0.4, 0.5) is 5.95 Å². The predicted molar refractivity (Wildman–Crippen MR) is 113 cm³/mol. The van der Waals surface area contributed by atoms with Crippen LogP contribution in [-0.4, -0.2) is 54.8 Å². The van der Waals surface area contributed by atoms with Crippen LogP contribution in [0.5, 0.6) is 5.75 Å². The molecule has 2 heterocycles. The average Bonchev–Trinajstić information content (AvgIpc) is 3.07. The minimum atomic E-state index is -0.928. The third-order valence-corrected chi connectivity index (χ3v) is 4.79. The fourth-order valence-corrected chi connectivity index (χ4v) is 3.20. The van der Waals surface area contributed by atoms with E-state index in [1.807, 2.05) is 25.1 Å². The van der Waals surface area contributed by atoms with Crippen LogP contribution >= 0.6 is 0 Å². The van der Waals surface area contributed by atoms with E-state index in [4.69, 9.17) is 9.84 Å². The lowest BCUT2D eigenvalue weighted by Gasteiger charge is -2.16. The second-order valence-corrected chi connectivity index (χ2v) is 7.21. The number of aliphatic hydroxyl groups is 2. The number of nitrogens with one attached hydrogen (secondary N) is 1. The molecule has 0 spiro atoms. The summed E-state index contributed by atoms with van der Waals surface area (Å²) in [6.07, 6.45) is -0.442. The smallest absolute Gasteiger partial charge is 0.332 e. The Balaban J connectivity index is 1.92. The fraction of sp³-hybridized carbons (Fsp3) is 0.450. The lowest BCUT2D eigenvalue weighted by molar-refractivity contribution is 0.0938. The Kier molecular flexibility index (Phi) is 6.58. The maximum absolute atomic E-state index is 12.8. The van der Waals surface area contributed by atoms with Crippen molar-refractivity contribution in [3.05, 3.63) is 50.7 Å². The number of hydrogen-bond acceptors (Lipinski definition) is 7. The third-order valence-electron chi connectivity index (χ3n) is 4.79. The summed E-state index contributed by atoms with van der Waals surface area (Å²) < 4.78 is 9.52. The van der Waals surface area contributed by atoms with E-state index in [9.17, 15) is 14.7 Å². The van der Waals surface area contributed by atoms with Crippen LogP contribution in [0.15, 0.2) is 33.9 Å². The summed E-state index contributed by atoms with van der Waals surface area (Å²) >= 11 is 0. The van der Waals surface area contributed by atoms with Gasteiger partial charge in [0.05, 0.1) is 6.54 Å². The molecule has 0 amide bonds. The SMILES string of the molecule is Cc1cccc(OC[C@H](O)Cn2c(NCCCO)nc3c2c(=O)n(C)c(=O)n3C)c1. The summed E-state index contributed by atoms with van der Waals surface area (Å²) in [5.41, 5.74) is 0.495. The van der Waals surface area contributed by atoms with Gasteiger partial charge in [-0.15, -0.1) is 0 Å². The van der Waals surface area contributed by atoms with Crippen LogP contribution in [0, 0.1) is 6.92 Å². The average molecular weight is 417 g/mol. The first kappa shape index (κ1) is 21.6. The molecule has 0 radical (unpaired) electrons. The Hall–Kier alpha value is -3.11. The number of aryl methyl sites for hydroxylation is 2. The van der Waals surface area contributed by atoms with Crippen LogP contribution < -0.4 is 21.3 Å². The number of imidazole rings is 1. The molecule has 3 rings (SSSR count). The van der Waals surface area contributed by atoms with Gasteiger partial charge in [-0.3, -0.25) is 13.9 Å². The molecule has 3 aromatic rings. The van der Waals surface area contributed by atoms with Crippen molar-refractivity contribution in [2.45, 2.75) is 26.0 Å². The molecule has 0 saturated carbocycles. The van der Waals surface area contributed by atoms with Gasteiger partial charge in [0.1, 0.15) is 18.5 Å². The van der Waals surface area contributed by atoms with Crippen molar-refractivity contribution in [1.29, 1.82) is 0 Å². The van der Waals surface area contributed by atoms with Gasteiger partial charge < -0.3 is 24.8 Å². The van der Waals surface area contributed by atoms with Gasteiger partial charge in [-0.1, -0.05) is 12.1 Å². The molecule has 0 aliphatic heterocycles. The van der Waals surface area contributed by atoms with Crippen LogP contribution in [0.3, 0.4) is 0 Å². The van der Waals surface area contributed by atoms with Crippen LogP contribution in [-0.2, 0) is 20.6 Å². The van der Waals surface area contributed by atoms with Crippen molar-refractivity contribution >= 4 is 17.1 Å². The van der Waals surface area contributed by atoms with Crippen molar-refractivity contribution < 1.29 is 14.9 Å². The summed E-state index contributed by atoms with van der Waals surface area (Å²) in [4.78, 5) is 29.4. The van der Waals surface area contributed by atoms with Crippen LogP contribution in [0.1, 0.15) is 12.0 Å². The molecule has 10 nitrogen and oxygen atoms in total. The number of ether oxygens (including phenoxy) is 1. The van der Waals surface area contributed by atoms with E-state index < -0.39 is 17.4 Å². The number of nitrogens with zero attached hydrogens (tertiary/aromatic N) is 4. The molecular weight excluding hydrogens is 390 g/mol. The molecule has 0 aliphatic carbocycles. The van der Waals surface area contributed by atoms with E-state index in [1.54, 1.807) is 10.6 Å². The summed E-state index contributed by atoms with van der Waals surface area (Å²) in [6.45, 7) is 2.43. The minimum Gasteiger partial charge on any atom is -0.491 e. The van der Waals surface area contributed by atoms with Gasteiger partial charge in [0, 0.05) is 27.2 Å². The van der Waals surface area contributed by atoms with Crippen LogP contribution in [0.2, 0.25) is 0 Å². The van der Waals surface area contributed by atoms with E-state index in [2.05, 4.69) is 10.3 Å². The number of aromatic nitrogens is 4. The quantitative estimate of drug-likeness (QED) is 0.418. The summed E-state index contributed by atoms with van der Waals surface area (Å²) in [5, 5.41) is 22.7. The molecular formula is C20H27N5O5. The lowest BCUT2D eigenvalue weighted by atomic mass is 10.2. The van der Waals surface area contributed by atoms with Crippen LogP contribution in [0.25, 0.3) is 11.2 Å². The molecule has 0 aliphatic rings. The Bertz CT molecular complexity index is 1150. The van der Waals surface area contributed by atoms with Crippen molar-refractivity contribution in [2.75, 3.05) is 25.1 Å². The highest BCUT2D eigenvalue weighted by molar-refractivity contribution is 5.74. The zero-order valence-corrected chi connectivity index (χ0v) is 17.3. The number of aliphatic hydroxyl groups excluding tert-OH is 2. The number of benzene rings is 1. The van der Waals surface area contributed by atoms with E-state index in [0.717, 1.165) is 10.1 Å². The molecule has 0 saturated heterocycles. The minimum absolute atomic E-state index is 0.000434. The first-order valence-electron chi connectivity index (χ1n) is 9.72. The van der Waals surface area contributed by atoms with Gasteiger partial charge in [0.15, 0.2) is 11.2 Å². The third kappa shape index (κ3) is 4.39. The highest BCUT2D eigenvalue weighted by Crippen LogP contribution is 2.17. The van der Waals surface area contributed by atoms with Gasteiger partial charge in [-0.2, -0.15) is 4.98 Å². The summed E-state index contributed by atoms with van der Waals surface area (Å²) in [6, 6.07) is 7.49. The van der Waals surface area contributed by atoms with Gasteiger partial charge in [0.25, 0.3) is 5.56 Å². The molecule has 162 valence electrons. The van der Waals surface area contributed by atoms with Gasteiger partial charge in [-0.05, 0) is 31.0 Å². The zero-order chi connectivity index (χ0) is 21.8. The van der Waals surface area contributed by atoms with Gasteiger partial charge >= 0.3 is 5.69 Å². The van der Waals surface area contributed by atoms with E-state index in [0.29, 0.717) is 24.7 Å². The number of rotatable bonds is 9.